The zero-order valence-electron chi connectivity index (χ0n) is 14.4. The molecule has 3 rings (SSSR count). The minimum atomic E-state index is -4.31. The Morgan fingerprint density at radius 2 is 1.62 bits per heavy atom. The van der Waals surface area contributed by atoms with E-state index in [4.69, 9.17) is 4.74 Å². The minimum absolute atomic E-state index is 0.644. The summed E-state index contributed by atoms with van der Waals surface area (Å²) in [6, 6.07) is 12.9. The van der Waals surface area contributed by atoms with Gasteiger partial charge in [0.2, 0.25) is 0 Å². The highest BCUT2D eigenvalue weighted by Crippen LogP contribution is 2.29. The number of hydrogen-bond donors (Lipinski definition) is 0. The molecular formula is C19H20F3N3O. The van der Waals surface area contributed by atoms with E-state index in [9.17, 15) is 13.2 Å². The molecule has 1 aliphatic heterocycles. The van der Waals surface area contributed by atoms with Crippen LogP contribution in [0.15, 0.2) is 53.6 Å². The summed E-state index contributed by atoms with van der Waals surface area (Å²) in [6.07, 6.45) is -2.72. The van der Waals surface area contributed by atoms with Gasteiger partial charge in [-0.25, -0.2) is 0 Å². The monoisotopic (exact) mass is 363 g/mol. The number of methoxy groups -OCH3 is 1. The van der Waals surface area contributed by atoms with Crippen molar-refractivity contribution in [1.82, 2.24) is 5.01 Å². The maximum atomic E-state index is 12.6. The molecule has 0 spiro atoms. The van der Waals surface area contributed by atoms with Crippen LogP contribution in [0.5, 0.6) is 5.75 Å². The first-order chi connectivity index (χ1) is 12.5. The summed E-state index contributed by atoms with van der Waals surface area (Å²) in [5, 5.41) is 6.31. The van der Waals surface area contributed by atoms with Crippen LogP contribution in [-0.4, -0.2) is 44.5 Å². The molecule has 0 bridgehead atoms. The number of alkyl halides is 3. The summed E-state index contributed by atoms with van der Waals surface area (Å²) >= 11 is 0. The summed E-state index contributed by atoms with van der Waals surface area (Å²) in [5.41, 5.74) is 1.05. The summed E-state index contributed by atoms with van der Waals surface area (Å²) in [7, 11) is 1.66. The van der Waals surface area contributed by atoms with Crippen molar-refractivity contribution in [3.05, 3.63) is 59.7 Å². The van der Waals surface area contributed by atoms with Crippen molar-refractivity contribution in [2.24, 2.45) is 5.10 Å². The molecule has 2 aromatic carbocycles. The zero-order valence-corrected chi connectivity index (χ0v) is 14.4. The molecule has 0 radical (unpaired) electrons. The van der Waals surface area contributed by atoms with Crippen LogP contribution >= 0.6 is 0 Å². The van der Waals surface area contributed by atoms with Crippen molar-refractivity contribution >= 4 is 11.9 Å². The van der Waals surface area contributed by atoms with Crippen molar-refractivity contribution in [3.8, 4) is 5.75 Å². The van der Waals surface area contributed by atoms with E-state index in [1.54, 1.807) is 13.3 Å². The lowest BCUT2D eigenvalue weighted by Crippen LogP contribution is -2.44. The second-order valence-electron chi connectivity index (χ2n) is 5.98. The van der Waals surface area contributed by atoms with Crippen LogP contribution < -0.4 is 9.64 Å². The van der Waals surface area contributed by atoms with Crippen LogP contribution in [-0.2, 0) is 6.18 Å². The molecule has 1 aliphatic rings. The Morgan fingerprint density at radius 3 is 2.23 bits per heavy atom. The second-order valence-corrected chi connectivity index (χ2v) is 5.98. The molecule has 1 saturated heterocycles. The molecule has 0 aliphatic carbocycles. The molecule has 0 N–H and O–H groups in total. The molecule has 7 heteroatoms. The van der Waals surface area contributed by atoms with Gasteiger partial charge in [0.25, 0.3) is 0 Å². The highest BCUT2D eigenvalue weighted by Gasteiger charge is 2.29. The number of anilines is 1. The fourth-order valence-electron chi connectivity index (χ4n) is 2.85. The first kappa shape index (κ1) is 18.1. The lowest BCUT2D eigenvalue weighted by atomic mass is 10.1. The van der Waals surface area contributed by atoms with Crippen LogP contribution in [0.25, 0.3) is 0 Å². The van der Waals surface area contributed by atoms with Gasteiger partial charge in [0.15, 0.2) is 0 Å². The maximum absolute atomic E-state index is 12.6. The normalized spacial score (nSPS) is 15.5. The van der Waals surface area contributed by atoms with Crippen molar-refractivity contribution in [2.45, 2.75) is 6.18 Å². The number of ether oxygens (including phenoxy) is 1. The van der Waals surface area contributed by atoms with E-state index in [1.807, 2.05) is 29.3 Å². The molecule has 0 atom stereocenters. The van der Waals surface area contributed by atoms with Crippen molar-refractivity contribution < 1.29 is 17.9 Å². The summed E-state index contributed by atoms with van der Waals surface area (Å²) in [5.74, 6) is 0.842. The molecule has 1 heterocycles. The minimum Gasteiger partial charge on any atom is -0.495 e. The molecule has 0 amide bonds. The van der Waals surface area contributed by atoms with E-state index in [2.05, 4.69) is 10.0 Å². The summed E-state index contributed by atoms with van der Waals surface area (Å²) in [6.45, 7) is 3.06. The predicted octanol–water partition coefficient (Wildman–Crippen LogP) is 3.87. The smallest absolute Gasteiger partial charge is 0.416 e. The Hall–Kier alpha value is -2.70. The van der Waals surface area contributed by atoms with Crippen molar-refractivity contribution in [3.63, 3.8) is 0 Å². The van der Waals surface area contributed by atoms with Gasteiger partial charge in [0.05, 0.1) is 37.7 Å². The molecule has 2 aromatic rings. The fourth-order valence-corrected chi connectivity index (χ4v) is 2.85. The van der Waals surface area contributed by atoms with Gasteiger partial charge in [-0.3, -0.25) is 5.01 Å². The Labute approximate surface area is 150 Å². The van der Waals surface area contributed by atoms with Gasteiger partial charge in [-0.15, -0.1) is 0 Å². The predicted molar refractivity (Wildman–Crippen MR) is 95.8 cm³/mol. The highest BCUT2D eigenvalue weighted by atomic mass is 19.4. The average Bonchev–Trinajstić information content (AvgIpc) is 2.66. The number of nitrogens with zero attached hydrogens (tertiary/aromatic N) is 3. The van der Waals surface area contributed by atoms with E-state index in [-0.39, 0.29) is 0 Å². The zero-order chi connectivity index (χ0) is 18.6. The second kappa shape index (κ2) is 7.68. The highest BCUT2D eigenvalue weighted by molar-refractivity contribution is 5.79. The fraction of sp³-hybridized carbons (Fsp3) is 0.316. The van der Waals surface area contributed by atoms with Gasteiger partial charge in [0.1, 0.15) is 5.75 Å². The Bertz CT molecular complexity index is 751. The SMILES string of the molecule is COc1ccccc1N1CCN(/N=C\c2ccc(C(F)(F)F)cc2)CC1. The lowest BCUT2D eigenvalue weighted by Gasteiger charge is -2.35. The van der Waals surface area contributed by atoms with E-state index in [0.717, 1.165) is 49.7 Å². The largest absolute Gasteiger partial charge is 0.495 e. The van der Waals surface area contributed by atoms with E-state index >= 15 is 0 Å². The first-order valence-corrected chi connectivity index (χ1v) is 8.31. The van der Waals surface area contributed by atoms with Gasteiger partial charge in [-0.05, 0) is 29.8 Å². The van der Waals surface area contributed by atoms with Gasteiger partial charge in [0, 0.05) is 13.1 Å². The van der Waals surface area contributed by atoms with E-state index in [1.165, 1.54) is 12.1 Å². The molecule has 0 unspecified atom stereocenters. The molecule has 0 aromatic heterocycles. The van der Waals surface area contributed by atoms with Crippen molar-refractivity contribution in [1.29, 1.82) is 0 Å². The maximum Gasteiger partial charge on any atom is 0.416 e. The van der Waals surface area contributed by atoms with Gasteiger partial charge >= 0.3 is 6.18 Å². The Morgan fingerprint density at radius 1 is 0.962 bits per heavy atom. The van der Waals surface area contributed by atoms with Crippen LogP contribution in [0, 0.1) is 0 Å². The van der Waals surface area contributed by atoms with Crippen LogP contribution in [0.4, 0.5) is 18.9 Å². The number of halogens is 3. The molecule has 4 nitrogen and oxygen atoms in total. The van der Waals surface area contributed by atoms with E-state index in [0.29, 0.717) is 5.56 Å². The van der Waals surface area contributed by atoms with Crippen molar-refractivity contribution in [2.75, 3.05) is 38.2 Å². The third kappa shape index (κ3) is 4.28. The molecule has 26 heavy (non-hydrogen) atoms. The summed E-state index contributed by atoms with van der Waals surface area (Å²) < 4.78 is 43.1. The number of rotatable bonds is 4. The molecular weight excluding hydrogens is 343 g/mol. The van der Waals surface area contributed by atoms with Gasteiger partial charge in [-0.1, -0.05) is 24.3 Å². The third-order valence-electron chi connectivity index (χ3n) is 4.29. The number of hydrogen-bond acceptors (Lipinski definition) is 4. The Balaban J connectivity index is 1.58. The number of para-hydroxylation sites is 2. The van der Waals surface area contributed by atoms with Crippen LogP contribution in [0.2, 0.25) is 0 Å². The van der Waals surface area contributed by atoms with E-state index < -0.39 is 11.7 Å². The number of piperazine rings is 1. The number of hydrazone groups is 1. The standard InChI is InChI=1S/C19H20F3N3O/c1-26-18-5-3-2-4-17(18)24-10-12-25(13-11-24)23-14-15-6-8-16(9-7-15)19(20,21)22/h2-9,14H,10-13H2,1H3/b23-14-. The molecule has 0 saturated carbocycles. The van der Waals surface area contributed by atoms with Crippen LogP contribution in [0.1, 0.15) is 11.1 Å². The molecule has 138 valence electrons. The van der Waals surface area contributed by atoms with Gasteiger partial charge in [-0.2, -0.15) is 18.3 Å². The van der Waals surface area contributed by atoms with Gasteiger partial charge < -0.3 is 9.64 Å². The topological polar surface area (TPSA) is 28.1 Å². The quantitative estimate of drug-likeness (QED) is 0.772. The van der Waals surface area contributed by atoms with Crippen LogP contribution in [0.3, 0.4) is 0 Å². The lowest BCUT2D eigenvalue weighted by molar-refractivity contribution is -0.137. The Kier molecular flexibility index (Phi) is 5.35. The number of benzene rings is 2. The molecule has 1 fully saturated rings. The average molecular weight is 363 g/mol. The first-order valence-electron chi connectivity index (χ1n) is 8.31. The third-order valence-corrected chi connectivity index (χ3v) is 4.29. The summed E-state index contributed by atoms with van der Waals surface area (Å²) in [4.78, 5) is 2.24.